The molecule has 4 aromatic rings. The molecule has 0 spiro atoms. The van der Waals surface area contributed by atoms with E-state index in [4.69, 9.17) is 4.74 Å². The van der Waals surface area contributed by atoms with Gasteiger partial charge in [-0.25, -0.2) is 13.5 Å². The van der Waals surface area contributed by atoms with E-state index in [1.807, 2.05) is 0 Å². The molecular weight excluding hydrogens is 459 g/mol. The maximum Gasteiger partial charge on any atom is 0.435 e. The number of nitrogens with zero attached hydrogens (tertiary/aromatic N) is 3. The number of alkyl halides is 3. The number of nitrogens with one attached hydrogen (secondary N) is 1. The summed E-state index contributed by atoms with van der Waals surface area (Å²) in [6.07, 6.45) is -4.97. The van der Waals surface area contributed by atoms with Gasteiger partial charge in [0.05, 0.1) is 5.69 Å². The van der Waals surface area contributed by atoms with Crippen molar-refractivity contribution < 1.29 is 31.5 Å². The van der Waals surface area contributed by atoms with Crippen molar-refractivity contribution in [3.05, 3.63) is 101 Å². The highest BCUT2D eigenvalue weighted by Gasteiger charge is 2.42. The molecule has 1 N–H and O–H groups in total. The van der Waals surface area contributed by atoms with Crippen molar-refractivity contribution in [2.45, 2.75) is 12.8 Å². The van der Waals surface area contributed by atoms with E-state index in [0.717, 1.165) is 24.3 Å². The van der Waals surface area contributed by atoms with Gasteiger partial charge in [-0.05, 0) is 54.1 Å². The Hall–Kier alpha value is -4.28. The van der Waals surface area contributed by atoms with E-state index in [-0.39, 0.29) is 18.0 Å². The average molecular weight is 474 g/mol. The third kappa shape index (κ3) is 5.20. The molecule has 0 saturated carbocycles. The van der Waals surface area contributed by atoms with Crippen LogP contribution in [0.4, 0.5) is 27.6 Å². The molecule has 0 bridgehead atoms. The Bertz CT molecular complexity index is 1320. The molecule has 0 fully saturated rings. The Labute approximate surface area is 189 Å². The van der Waals surface area contributed by atoms with Gasteiger partial charge in [-0.1, -0.05) is 23.4 Å². The van der Waals surface area contributed by atoms with Crippen molar-refractivity contribution in [1.29, 1.82) is 0 Å². The van der Waals surface area contributed by atoms with E-state index in [2.05, 4.69) is 15.6 Å². The SMILES string of the molecule is O=C(Nc1cccc(COc2cccc(F)c2)c1)c1nnn(-c2ccc(F)cc2)c1C(F)(F)F. The summed E-state index contributed by atoms with van der Waals surface area (Å²) in [5.41, 5.74) is -1.69. The third-order valence-corrected chi connectivity index (χ3v) is 4.61. The summed E-state index contributed by atoms with van der Waals surface area (Å²) in [4.78, 5) is 12.6. The summed E-state index contributed by atoms with van der Waals surface area (Å²) in [6.45, 7) is 0.0295. The van der Waals surface area contributed by atoms with Crippen LogP contribution in [-0.4, -0.2) is 20.9 Å². The second-order valence-electron chi connectivity index (χ2n) is 7.07. The molecule has 0 atom stereocenters. The van der Waals surface area contributed by atoms with Crippen LogP contribution in [0.5, 0.6) is 5.75 Å². The van der Waals surface area contributed by atoms with Crippen molar-refractivity contribution >= 4 is 11.6 Å². The number of carbonyl (C=O) groups is 1. The second-order valence-corrected chi connectivity index (χ2v) is 7.07. The average Bonchev–Trinajstić information content (AvgIpc) is 3.25. The van der Waals surface area contributed by atoms with Gasteiger partial charge in [0.25, 0.3) is 5.91 Å². The molecule has 0 unspecified atom stereocenters. The minimum absolute atomic E-state index is 0.0295. The Balaban J connectivity index is 1.55. The van der Waals surface area contributed by atoms with Crippen molar-refractivity contribution in [3.63, 3.8) is 0 Å². The summed E-state index contributed by atoms with van der Waals surface area (Å²) in [5, 5.41) is 9.22. The molecule has 1 aromatic heterocycles. The zero-order valence-electron chi connectivity index (χ0n) is 17.2. The van der Waals surface area contributed by atoms with Crippen molar-refractivity contribution in [2.24, 2.45) is 0 Å². The Morgan fingerprint density at radius 3 is 2.38 bits per heavy atom. The van der Waals surface area contributed by atoms with Crippen LogP contribution in [0.1, 0.15) is 21.7 Å². The smallest absolute Gasteiger partial charge is 0.435 e. The number of halogens is 5. The van der Waals surface area contributed by atoms with Gasteiger partial charge < -0.3 is 10.1 Å². The number of anilines is 1. The highest BCUT2D eigenvalue weighted by Crippen LogP contribution is 2.33. The normalized spacial score (nSPS) is 11.3. The second kappa shape index (κ2) is 9.30. The molecule has 4 rings (SSSR count). The monoisotopic (exact) mass is 474 g/mol. The molecule has 0 saturated heterocycles. The molecule has 1 amide bonds. The third-order valence-electron chi connectivity index (χ3n) is 4.61. The van der Waals surface area contributed by atoms with Gasteiger partial charge in [0.15, 0.2) is 11.4 Å². The van der Waals surface area contributed by atoms with E-state index in [0.29, 0.717) is 16.0 Å². The highest BCUT2D eigenvalue weighted by atomic mass is 19.4. The van der Waals surface area contributed by atoms with Crippen LogP contribution in [0.25, 0.3) is 5.69 Å². The quantitative estimate of drug-likeness (QED) is 0.380. The number of aromatic nitrogens is 3. The lowest BCUT2D eigenvalue weighted by atomic mass is 10.2. The topological polar surface area (TPSA) is 69.0 Å². The zero-order valence-corrected chi connectivity index (χ0v) is 17.2. The maximum absolute atomic E-state index is 13.8. The standard InChI is InChI=1S/C23H15F5N4O2/c24-15-7-9-18(10-8-15)32-21(23(26,27)28)20(30-31-32)22(33)29-17-5-1-3-14(11-17)13-34-19-6-2-4-16(25)12-19/h1-12H,13H2,(H,29,33). The number of rotatable bonds is 6. The van der Waals surface area contributed by atoms with Crippen LogP contribution < -0.4 is 10.1 Å². The lowest BCUT2D eigenvalue weighted by molar-refractivity contribution is -0.143. The Morgan fingerprint density at radius 1 is 0.941 bits per heavy atom. The Kier molecular flexibility index (Phi) is 6.26. The van der Waals surface area contributed by atoms with E-state index >= 15 is 0 Å². The minimum Gasteiger partial charge on any atom is -0.489 e. The number of benzene rings is 3. The fraction of sp³-hybridized carbons (Fsp3) is 0.0870. The van der Waals surface area contributed by atoms with Crippen molar-refractivity contribution in [2.75, 3.05) is 5.32 Å². The molecule has 1 heterocycles. The van der Waals surface area contributed by atoms with Gasteiger partial charge in [-0.3, -0.25) is 4.79 Å². The summed E-state index contributed by atoms with van der Waals surface area (Å²) in [7, 11) is 0. The number of hydrogen-bond donors (Lipinski definition) is 1. The van der Waals surface area contributed by atoms with Crippen LogP contribution in [0, 0.1) is 11.6 Å². The summed E-state index contributed by atoms with van der Waals surface area (Å²) < 4.78 is 73.6. The first kappa shape index (κ1) is 22.9. The van der Waals surface area contributed by atoms with Gasteiger partial charge in [-0.15, -0.1) is 5.10 Å². The first-order valence-electron chi connectivity index (χ1n) is 9.78. The highest BCUT2D eigenvalue weighted by molar-refractivity contribution is 6.03. The molecule has 0 aliphatic heterocycles. The van der Waals surface area contributed by atoms with Crippen LogP contribution in [0.15, 0.2) is 72.8 Å². The molecule has 34 heavy (non-hydrogen) atoms. The molecular formula is C23H15F5N4O2. The number of carbonyl (C=O) groups excluding carboxylic acids is 1. The number of hydrogen-bond acceptors (Lipinski definition) is 4. The molecule has 6 nitrogen and oxygen atoms in total. The van der Waals surface area contributed by atoms with Crippen LogP contribution in [0.3, 0.4) is 0 Å². The van der Waals surface area contributed by atoms with Gasteiger partial charge >= 0.3 is 6.18 Å². The summed E-state index contributed by atoms with van der Waals surface area (Å²) in [6, 6.07) is 15.8. The Morgan fingerprint density at radius 2 is 1.68 bits per heavy atom. The van der Waals surface area contributed by atoms with E-state index < -0.39 is 35.1 Å². The molecule has 0 radical (unpaired) electrons. The molecule has 174 valence electrons. The van der Waals surface area contributed by atoms with Crippen LogP contribution >= 0.6 is 0 Å². The number of ether oxygens (including phenoxy) is 1. The van der Waals surface area contributed by atoms with Crippen LogP contribution in [-0.2, 0) is 12.8 Å². The first-order chi connectivity index (χ1) is 16.2. The predicted octanol–water partition coefficient (Wildman–Crippen LogP) is 5.40. The van der Waals surface area contributed by atoms with Gasteiger partial charge in [-0.2, -0.15) is 13.2 Å². The first-order valence-corrected chi connectivity index (χ1v) is 9.78. The summed E-state index contributed by atoms with van der Waals surface area (Å²) >= 11 is 0. The lowest BCUT2D eigenvalue weighted by Crippen LogP contribution is -2.21. The van der Waals surface area contributed by atoms with Gasteiger partial charge in [0.2, 0.25) is 0 Å². The predicted molar refractivity (Wildman–Crippen MR) is 111 cm³/mol. The largest absolute Gasteiger partial charge is 0.489 e. The fourth-order valence-electron chi connectivity index (χ4n) is 3.10. The minimum atomic E-state index is -4.97. The van der Waals surface area contributed by atoms with Crippen LogP contribution in [0.2, 0.25) is 0 Å². The van der Waals surface area contributed by atoms with E-state index in [1.54, 1.807) is 18.2 Å². The van der Waals surface area contributed by atoms with E-state index in [1.165, 1.54) is 30.3 Å². The number of amides is 1. The van der Waals surface area contributed by atoms with Crippen molar-refractivity contribution in [3.8, 4) is 11.4 Å². The maximum atomic E-state index is 13.8. The summed E-state index contributed by atoms with van der Waals surface area (Å²) in [5.74, 6) is -1.95. The molecule has 0 aliphatic rings. The fourth-order valence-corrected chi connectivity index (χ4v) is 3.10. The molecule has 3 aromatic carbocycles. The van der Waals surface area contributed by atoms with Gasteiger partial charge in [0.1, 0.15) is 24.0 Å². The van der Waals surface area contributed by atoms with E-state index in [9.17, 15) is 26.7 Å². The molecule has 0 aliphatic carbocycles. The zero-order chi connectivity index (χ0) is 24.3. The van der Waals surface area contributed by atoms with Crippen molar-refractivity contribution in [1.82, 2.24) is 15.0 Å². The molecule has 11 heteroatoms. The lowest BCUT2D eigenvalue weighted by Gasteiger charge is -2.12. The van der Waals surface area contributed by atoms with Gasteiger partial charge in [0, 0.05) is 11.8 Å².